The van der Waals surface area contributed by atoms with Gasteiger partial charge in [0, 0.05) is 19.3 Å². The quantitative estimate of drug-likeness (QED) is 0.813. The Labute approximate surface area is 132 Å². The molecule has 0 unspecified atom stereocenters. The van der Waals surface area contributed by atoms with Gasteiger partial charge < -0.3 is 19.3 Å². The topological polar surface area (TPSA) is 67.7 Å². The van der Waals surface area contributed by atoms with Gasteiger partial charge in [0.25, 0.3) is 0 Å². The lowest BCUT2D eigenvalue weighted by Crippen LogP contribution is -2.41. The number of hydrogen-bond donors (Lipinski definition) is 1. The van der Waals surface area contributed by atoms with Crippen LogP contribution in [0.1, 0.15) is 40.5 Å². The molecular weight excluding hydrogens is 281 g/mol. The molecule has 1 N–H and O–H groups in total. The van der Waals surface area contributed by atoms with E-state index in [0.29, 0.717) is 5.59 Å². The standard InChI is InChI=1S/C15H24BN3O3/c1-14(2)15(3,4)22-16(21-14)12-9-17-10-13(18-12)19-7-5-11(20)6-8-19/h9-11,20H,5-8H2,1-4H3. The second kappa shape index (κ2) is 5.47. The van der Waals surface area contributed by atoms with Crippen LogP contribution < -0.4 is 10.5 Å². The van der Waals surface area contributed by atoms with Gasteiger partial charge in [0.1, 0.15) is 5.82 Å². The van der Waals surface area contributed by atoms with E-state index in [9.17, 15) is 5.11 Å². The van der Waals surface area contributed by atoms with Gasteiger partial charge in [-0.25, -0.2) is 4.98 Å². The number of aliphatic hydroxyl groups is 1. The fourth-order valence-corrected chi connectivity index (χ4v) is 2.69. The van der Waals surface area contributed by atoms with Crippen LogP contribution in [0.25, 0.3) is 0 Å². The van der Waals surface area contributed by atoms with Crippen molar-refractivity contribution in [3.8, 4) is 0 Å². The highest BCUT2D eigenvalue weighted by Crippen LogP contribution is 2.36. The summed E-state index contributed by atoms with van der Waals surface area (Å²) in [6.45, 7) is 9.69. The van der Waals surface area contributed by atoms with Gasteiger partial charge in [-0.3, -0.25) is 4.98 Å². The van der Waals surface area contributed by atoms with E-state index in [1.54, 1.807) is 12.4 Å². The zero-order valence-electron chi connectivity index (χ0n) is 13.7. The summed E-state index contributed by atoms with van der Waals surface area (Å²) in [6, 6.07) is 0. The second-order valence-electron chi connectivity index (χ2n) is 7.11. The molecule has 0 amide bonds. The first kappa shape index (κ1) is 15.7. The van der Waals surface area contributed by atoms with Gasteiger partial charge >= 0.3 is 7.12 Å². The SMILES string of the molecule is CC1(C)OB(c2cncc(N3CCC(O)CC3)n2)OC1(C)C. The molecule has 2 aliphatic rings. The number of piperidine rings is 1. The van der Waals surface area contributed by atoms with Crippen LogP contribution in [0.4, 0.5) is 5.82 Å². The third-order valence-corrected chi connectivity index (χ3v) is 4.92. The number of hydrogen-bond acceptors (Lipinski definition) is 6. The molecule has 0 bridgehead atoms. The molecule has 120 valence electrons. The van der Waals surface area contributed by atoms with Gasteiger partial charge in [-0.05, 0) is 40.5 Å². The van der Waals surface area contributed by atoms with Crippen LogP contribution in [0.15, 0.2) is 12.4 Å². The molecule has 1 aromatic rings. The summed E-state index contributed by atoms with van der Waals surface area (Å²) < 4.78 is 12.1. The minimum atomic E-state index is -0.493. The normalized spacial score (nSPS) is 24.8. The van der Waals surface area contributed by atoms with E-state index in [1.807, 2.05) is 27.7 Å². The van der Waals surface area contributed by atoms with Crippen molar-refractivity contribution in [1.29, 1.82) is 0 Å². The minimum Gasteiger partial charge on any atom is -0.398 e. The van der Waals surface area contributed by atoms with Gasteiger partial charge in [0.05, 0.1) is 29.1 Å². The predicted molar refractivity (Wildman–Crippen MR) is 85.2 cm³/mol. The van der Waals surface area contributed by atoms with Crippen LogP contribution in [0.5, 0.6) is 0 Å². The van der Waals surface area contributed by atoms with Crippen molar-refractivity contribution in [2.24, 2.45) is 0 Å². The highest BCUT2D eigenvalue weighted by Gasteiger charge is 2.52. The van der Waals surface area contributed by atoms with E-state index in [4.69, 9.17) is 9.31 Å². The van der Waals surface area contributed by atoms with Crippen LogP contribution in [0.3, 0.4) is 0 Å². The Balaban J connectivity index is 1.78. The minimum absolute atomic E-state index is 0.199. The second-order valence-corrected chi connectivity index (χ2v) is 7.11. The first-order valence-corrected chi connectivity index (χ1v) is 7.89. The first-order chi connectivity index (χ1) is 10.3. The molecule has 0 atom stereocenters. The Morgan fingerprint density at radius 1 is 1.14 bits per heavy atom. The molecule has 3 rings (SSSR count). The van der Waals surface area contributed by atoms with Crippen LogP contribution in [-0.2, 0) is 9.31 Å². The third kappa shape index (κ3) is 2.85. The lowest BCUT2D eigenvalue weighted by molar-refractivity contribution is 0.00578. The van der Waals surface area contributed by atoms with Crippen LogP contribution >= 0.6 is 0 Å². The number of nitrogens with zero attached hydrogens (tertiary/aromatic N) is 3. The van der Waals surface area contributed by atoms with Gasteiger partial charge in [-0.2, -0.15) is 0 Å². The van der Waals surface area contributed by atoms with Crippen molar-refractivity contribution < 1.29 is 14.4 Å². The summed E-state index contributed by atoms with van der Waals surface area (Å²) in [6.07, 6.45) is 4.79. The molecule has 22 heavy (non-hydrogen) atoms. The fourth-order valence-electron chi connectivity index (χ4n) is 2.69. The molecule has 0 spiro atoms. The van der Waals surface area contributed by atoms with E-state index < -0.39 is 7.12 Å². The van der Waals surface area contributed by atoms with Crippen molar-refractivity contribution in [1.82, 2.24) is 9.97 Å². The van der Waals surface area contributed by atoms with Gasteiger partial charge in [-0.15, -0.1) is 0 Å². The zero-order valence-corrected chi connectivity index (χ0v) is 13.7. The first-order valence-electron chi connectivity index (χ1n) is 7.89. The Kier molecular flexibility index (Phi) is 3.91. The van der Waals surface area contributed by atoms with Crippen molar-refractivity contribution >= 4 is 18.5 Å². The molecule has 6 nitrogen and oxygen atoms in total. The van der Waals surface area contributed by atoms with E-state index in [-0.39, 0.29) is 17.3 Å². The van der Waals surface area contributed by atoms with Gasteiger partial charge in [0.15, 0.2) is 0 Å². The van der Waals surface area contributed by atoms with Crippen molar-refractivity contribution in [3.05, 3.63) is 12.4 Å². The van der Waals surface area contributed by atoms with Crippen LogP contribution in [-0.4, -0.2) is 52.6 Å². The third-order valence-electron chi connectivity index (χ3n) is 4.92. The van der Waals surface area contributed by atoms with Crippen LogP contribution in [0, 0.1) is 0 Å². The van der Waals surface area contributed by atoms with Crippen molar-refractivity contribution in [2.75, 3.05) is 18.0 Å². The van der Waals surface area contributed by atoms with Gasteiger partial charge in [-0.1, -0.05) is 0 Å². The molecule has 7 heteroatoms. The number of aliphatic hydroxyl groups excluding tert-OH is 1. The molecule has 1 aromatic heterocycles. The van der Waals surface area contributed by atoms with Crippen molar-refractivity contribution in [2.45, 2.75) is 57.8 Å². The maximum absolute atomic E-state index is 9.61. The fraction of sp³-hybridized carbons (Fsp3) is 0.733. The van der Waals surface area contributed by atoms with Crippen LogP contribution in [0.2, 0.25) is 0 Å². The largest absolute Gasteiger partial charge is 0.516 e. The van der Waals surface area contributed by atoms with Gasteiger partial charge in [0.2, 0.25) is 0 Å². The summed E-state index contributed by atoms with van der Waals surface area (Å²) in [5.74, 6) is 0.819. The Morgan fingerprint density at radius 2 is 1.73 bits per heavy atom. The molecule has 0 aromatic carbocycles. The highest BCUT2D eigenvalue weighted by molar-refractivity contribution is 6.61. The van der Waals surface area contributed by atoms with E-state index in [0.717, 1.165) is 31.7 Å². The zero-order chi connectivity index (χ0) is 16.0. The average molecular weight is 305 g/mol. The number of aromatic nitrogens is 2. The molecule has 0 saturated carbocycles. The molecule has 3 heterocycles. The summed E-state index contributed by atoms with van der Waals surface area (Å²) in [4.78, 5) is 11.1. The van der Waals surface area contributed by atoms with E-state index in [2.05, 4.69) is 14.9 Å². The number of rotatable bonds is 2. The van der Waals surface area contributed by atoms with E-state index >= 15 is 0 Å². The Hall–Kier alpha value is -1.18. The lowest BCUT2D eigenvalue weighted by Gasteiger charge is -2.32. The summed E-state index contributed by atoms with van der Waals surface area (Å²) in [5, 5.41) is 9.61. The summed E-state index contributed by atoms with van der Waals surface area (Å²) in [5.41, 5.74) is -0.0721. The predicted octanol–water partition coefficient (Wildman–Crippen LogP) is 0.737. The molecule has 0 radical (unpaired) electrons. The molecule has 2 saturated heterocycles. The maximum Gasteiger partial charge on any atom is 0.516 e. The lowest BCUT2D eigenvalue weighted by atomic mass is 9.85. The summed E-state index contributed by atoms with van der Waals surface area (Å²) >= 11 is 0. The number of anilines is 1. The monoisotopic (exact) mass is 305 g/mol. The summed E-state index contributed by atoms with van der Waals surface area (Å²) in [7, 11) is -0.493. The maximum atomic E-state index is 9.61. The molecule has 2 aliphatic heterocycles. The molecule has 2 fully saturated rings. The Morgan fingerprint density at radius 3 is 2.32 bits per heavy atom. The van der Waals surface area contributed by atoms with Crippen molar-refractivity contribution in [3.63, 3.8) is 0 Å². The average Bonchev–Trinajstić information content (AvgIpc) is 2.68. The highest BCUT2D eigenvalue weighted by atomic mass is 16.7. The molecular formula is C15H24BN3O3. The smallest absolute Gasteiger partial charge is 0.398 e. The Bertz CT molecular complexity index is 529. The van der Waals surface area contributed by atoms with E-state index in [1.165, 1.54) is 0 Å². The molecule has 0 aliphatic carbocycles.